The van der Waals surface area contributed by atoms with Crippen LogP contribution in [0.1, 0.15) is 22.8 Å². The van der Waals surface area contributed by atoms with E-state index >= 15 is 0 Å². The Morgan fingerprint density at radius 1 is 1.30 bits per heavy atom. The number of carboxylic acids is 1. The van der Waals surface area contributed by atoms with Crippen molar-refractivity contribution in [1.82, 2.24) is 4.98 Å². The zero-order valence-corrected chi connectivity index (χ0v) is 11.1. The maximum atomic E-state index is 11.2. The van der Waals surface area contributed by atoms with Gasteiger partial charge >= 0.3 is 5.97 Å². The smallest absolute Gasteiger partial charge is 0.337 e. The van der Waals surface area contributed by atoms with Crippen LogP contribution in [0.25, 0.3) is 0 Å². The molecular formula is C15H16N2O3. The summed E-state index contributed by atoms with van der Waals surface area (Å²) in [7, 11) is 0. The monoisotopic (exact) mass is 272 g/mol. The van der Waals surface area contributed by atoms with Gasteiger partial charge in [0, 0.05) is 6.20 Å². The van der Waals surface area contributed by atoms with Gasteiger partial charge < -0.3 is 15.5 Å². The molecule has 0 aliphatic carbocycles. The normalized spacial score (nSPS) is 13.5. The first-order valence-electron chi connectivity index (χ1n) is 6.19. The number of nitrogens with one attached hydrogen (secondary N) is 1. The highest BCUT2D eigenvalue weighted by atomic mass is 16.4. The van der Waals surface area contributed by atoms with Crippen molar-refractivity contribution in [2.75, 3.05) is 11.9 Å². The molecule has 0 saturated heterocycles. The number of carbonyl (C=O) groups is 1. The first-order valence-corrected chi connectivity index (χ1v) is 6.19. The Bertz CT molecular complexity index is 601. The molecule has 2 aromatic rings. The second-order valence-electron chi connectivity index (χ2n) is 4.71. The maximum absolute atomic E-state index is 11.2. The van der Waals surface area contributed by atoms with Gasteiger partial charge in [0.2, 0.25) is 0 Å². The summed E-state index contributed by atoms with van der Waals surface area (Å²) in [6.07, 6.45) is 2.87. The molecule has 1 aromatic carbocycles. The fourth-order valence-corrected chi connectivity index (χ4v) is 1.99. The molecule has 1 atom stereocenters. The summed E-state index contributed by atoms with van der Waals surface area (Å²) in [6.45, 7) is 1.63. The lowest BCUT2D eigenvalue weighted by molar-refractivity contribution is 0.0697. The van der Waals surface area contributed by atoms with Crippen molar-refractivity contribution in [3.05, 3.63) is 59.9 Å². The van der Waals surface area contributed by atoms with Crippen molar-refractivity contribution in [1.29, 1.82) is 0 Å². The van der Waals surface area contributed by atoms with Crippen molar-refractivity contribution in [2.24, 2.45) is 0 Å². The van der Waals surface area contributed by atoms with Crippen LogP contribution in [0.15, 0.2) is 48.8 Å². The predicted octanol–water partition coefficient (Wildman–Crippen LogP) is 2.10. The van der Waals surface area contributed by atoms with Crippen LogP contribution in [0.5, 0.6) is 0 Å². The van der Waals surface area contributed by atoms with Gasteiger partial charge in [-0.1, -0.05) is 30.3 Å². The quantitative estimate of drug-likeness (QED) is 0.776. The number of aromatic nitrogens is 1. The summed E-state index contributed by atoms with van der Waals surface area (Å²) in [5.74, 6) is -1.04. The van der Waals surface area contributed by atoms with Crippen LogP contribution < -0.4 is 5.32 Å². The number of aliphatic hydroxyl groups excluding tert-OH is 1. The lowest BCUT2D eigenvalue weighted by Crippen LogP contribution is -2.36. The minimum absolute atomic E-state index is 0.121. The van der Waals surface area contributed by atoms with Gasteiger partial charge in [-0.3, -0.25) is 4.98 Å². The highest BCUT2D eigenvalue weighted by Gasteiger charge is 2.27. The van der Waals surface area contributed by atoms with Crippen LogP contribution in [0.3, 0.4) is 0 Å². The molecule has 0 saturated carbocycles. The molecule has 1 heterocycles. The van der Waals surface area contributed by atoms with Crippen LogP contribution in [-0.2, 0) is 5.54 Å². The number of pyridine rings is 1. The largest absolute Gasteiger partial charge is 0.478 e. The highest BCUT2D eigenvalue weighted by Crippen LogP contribution is 2.27. The lowest BCUT2D eigenvalue weighted by Gasteiger charge is -2.31. The second kappa shape index (κ2) is 5.71. The van der Waals surface area contributed by atoms with E-state index in [1.165, 1.54) is 18.5 Å². The number of aliphatic hydroxyl groups is 1. The van der Waals surface area contributed by atoms with Gasteiger partial charge in [0.15, 0.2) is 0 Å². The average Bonchev–Trinajstić information content (AvgIpc) is 2.48. The molecule has 0 fully saturated rings. The van der Waals surface area contributed by atoms with Gasteiger partial charge in [0.1, 0.15) is 0 Å². The minimum atomic E-state index is -1.04. The first-order chi connectivity index (χ1) is 9.57. The molecule has 1 unspecified atom stereocenters. The molecule has 0 spiro atoms. The Morgan fingerprint density at radius 3 is 2.60 bits per heavy atom. The third-order valence-corrected chi connectivity index (χ3v) is 3.19. The van der Waals surface area contributed by atoms with E-state index in [4.69, 9.17) is 0 Å². The average molecular weight is 272 g/mol. The van der Waals surface area contributed by atoms with Crippen LogP contribution in [-0.4, -0.2) is 27.8 Å². The third kappa shape index (κ3) is 2.78. The molecule has 1 aromatic heterocycles. The summed E-state index contributed by atoms with van der Waals surface area (Å²) in [5, 5.41) is 22.0. The van der Waals surface area contributed by atoms with Gasteiger partial charge in [0.25, 0.3) is 0 Å². The molecule has 20 heavy (non-hydrogen) atoms. The SMILES string of the molecule is CC(CO)(Nc1cnccc1C(=O)O)c1ccccc1. The van der Waals surface area contributed by atoms with E-state index < -0.39 is 11.5 Å². The van der Waals surface area contributed by atoms with E-state index in [9.17, 15) is 15.0 Å². The Kier molecular flexibility index (Phi) is 4.00. The van der Waals surface area contributed by atoms with Gasteiger partial charge in [-0.25, -0.2) is 4.79 Å². The summed E-state index contributed by atoms with van der Waals surface area (Å²) in [6, 6.07) is 10.8. The first kappa shape index (κ1) is 14.0. The minimum Gasteiger partial charge on any atom is -0.478 e. The zero-order valence-electron chi connectivity index (χ0n) is 11.1. The summed E-state index contributed by atoms with van der Waals surface area (Å²) >= 11 is 0. The number of carboxylic acid groups (broad SMARTS) is 1. The standard InChI is InChI=1S/C15H16N2O3/c1-15(10-18,11-5-3-2-4-6-11)17-13-9-16-8-7-12(13)14(19)20/h2-9,17-18H,10H2,1H3,(H,19,20). The summed E-state index contributed by atoms with van der Waals surface area (Å²) in [4.78, 5) is 15.1. The van der Waals surface area contributed by atoms with E-state index in [-0.39, 0.29) is 12.2 Å². The molecule has 0 aliphatic rings. The molecular weight excluding hydrogens is 256 g/mol. The van der Waals surface area contributed by atoms with Crippen molar-refractivity contribution < 1.29 is 15.0 Å². The Labute approximate surface area is 116 Å². The Morgan fingerprint density at radius 2 is 2.00 bits per heavy atom. The van der Waals surface area contributed by atoms with Gasteiger partial charge in [0.05, 0.1) is 29.6 Å². The molecule has 104 valence electrons. The molecule has 0 radical (unpaired) electrons. The number of benzene rings is 1. The molecule has 0 amide bonds. The van der Waals surface area contributed by atoms with Gasteiger partial charge in [-0.05, 0) is 18.6 Å². The van der Waals surface area contributed by atoms with Crippen molar-refractivity contribution in [3.8, 4) is 0 Å². The Balaban J connectivity index is 2.39. The van der Waals surface area contributed by atoms with Gasteiger partial charge in [-0.15, -0.1) is 0 Å². The van der Waals surface area contributed by atoms with E-state index in [1.807, 2.05) is 30.3 Å². The van der Waals surface area contributed by atoms with E-state index in [0.717, 1.165) is 5.56 Å². The summed E-state index contributed by atoms with van der Waals surface area (Å²) < 4.78 is 0. The number of hydrogen-bond acceptors (Lipinski definition) is 4. The van der Waals surface area contributed by atoms with E-state index in [0.29, 0.717) is 5.69 Å². The molecule has 0 bridgehead atoms. The van der Waals surface area contributed by atoms with Crippen LogP contribution in [0, 0.1) is 0 Å². The second-order valence-corrected chi connectivity index (χ2v) is 4.71. The third-order valence-electron chi connectivity index (χ3n) is 3.19. The van der Waals surface area contributed by atoms with E-state index in [2.05, 4.69) is 10.3 Å². The van der Waals surface area contributed by atoms with E-state index in [1.54, 1.807) is 6.92 Å². The fourth-order valence-electron chi connectivity index (χ4n) is 1.99. The van der Waals surface area contributed by atoms with Crippen LogP contribution in [0.2, 0.25) is 0 Å². The number of aromatic carboxylic acids is 1. The van der Waals surface area contributed by atoms with Crippen molar-refractivity contribution in [2.45, 2.75) is 12.5 Å². The zero-order chi connectivity index (χ0) is 14.6. The number of nitrogens with zero attached hydrogens (tertiary/aromatic N) is 1. The number of anilines is 1. The summed E-state index contributed by atoms with van der Waals surface area (Å²) in [5.41, 5.74) is 0.577. The fraction of sp³-hybridized carbons (Fsp3) is 0.200. The van der Waals surface area contributed by atoms with Crippen molar-refractivity contribution in [3.63, 3.8) is 0 Å². The maximum Gasteiger partial charge on any atom is 0.337 e. The molecule has 5 nitrogen and oxygen atoms in total. The molecule has 3 N–H and O–H groups in total. The number of rotatable bonds is 5. The molecule has 5 heteroatoms. The van der Waals surface area contributed by atoms with Crippen LogP contribution >= 0.6 is 0 Å². The van der Waals surface area contributed by atoms with Crippen molar-refractivity contribution >= 4 is 11.7 Å². The Hall–Kier alpha value is -2.40. The highest BCUT2D eigenvalue weighted by molar-refractivity contribution is 5.94. The molecule has 2 rings (SSSR count). The van der Waals surface area contributed by atoms with Gasteiger partial charge in [-0.2, -0.15) is 0 Å². The topological polar surface area (TPSA) is 82.5 Å². The molecule has 0 aliphatic heterocycles. The lowest BCUT2D eigenvalue weighted by atomic mass is 9.92. The van der Waals surface area contributed by atoms with Crippen LogP contribution in [0.4, 0.5) is 5.69 Å². The number of hydrogen-bond donors (Lipinski definition) is 3. The predicted molar refractivity (Wildman–Crippen MR) is 75.7 cm³/mol.